The van der Waals surface area contributed by atoms with Gasteiger partial charge in [-0.2, -0.15) is 9.79 Å². The van der Waals surface area contributed by atoms with E-state index in [9.17, 15) is 0 Å². The third-order valence-corrected chi connectivity index (χ3v) is 0. The molecular formula is H4O4P2+2. The Labute approximate surface area is 37.4 Å². The van der Waals surface area contributed by atoms with Gasteiger partial charge in [0.1, 0.15) is 0 Å². The van der Waals surface area contributed by atoms with Crippen molar-refractivity contribution in [1.29, 1.82) is 0 Å². The summed E-state index contributed by atoms with van der Waals surface area (Å²) in [7, 11) is -2.33. The first kappa shape index (κ1) is 9.45. The van der Waals surface area contributed by atoms with Crippen LogP contribution in [0.2, 0.25) is 0 Å². The highest BCUT2D eigenvalue weighted by Gasteiger charge is 1.45. The van der Waals surface area contributed by atoms with E-state index in [0.717, 1.165) is 0 Å². The van der Waals surface area contributed by atoms with E-state index < -0.39 is 17.4 Å². The number of hydrogen-bond acceptors (Lipinski definition) is 2. The van der Waals surface area contributed by atoms with Crippen molar-refractivity contribution < 1.29 is 18.9 Å². The molecule has 0 aliphatic carbocycles. The molecule has 0 rings (SSSR count). The van der Waals surface area contributed by atoms with Crippen LogP contribution in [-0.4, -0.2) is 9.79 Å². The third-order valence-electron chi connectivity index (χ3n) is 0. The van der Waals surface area contributed by atoms with E-state index in [1.165, 1.54) is 0 Å². The van der Waals surface area contributed by atoms with Gasteiger partial charge in [-0.05, 0) is 9.13 Å². The van der Waals surface area contributed by atoms with Gasteiger partial charge in [-0.15, -0.1) is 0 Å². The fraction of sp³-hybridized carbons (Fsp3) is 0. The minimum Gasteiger partial charge on any atom is -0.162 e. The van der Waals surface area contributed by atoms with E-state index in [1.54, 1.807) is 0 Å². The largest absolute Gasteiger partial charge is 0.491 e. The lowest BCUT2D eigenvalue weighted by Crippen LogP contribution is -1.03. The molecule has 2 N–H and O–H groups in total. The first-order chi connectivity index (χ1) is 2.83. The number of hydrogen-bond donors (Lipinski definition) is 2. The summed E-state index contributed by atoms with van der Waals surface area (Å²) in [5, 5.41) is 0. The Morgan fingerprint density at radius 1 is 1.00 bits per heavy atom. The number of rotatable bonds is 0. The van der Waals surface area contributed by atoms with E-state index in [4.69, 9.17) is 18.9 Å². The van der Waals surface area contributed by atoms with Crippen molar-refractivity contribution in [3.8, 4) is 0 Å². The molecule has 6 heteroatoms. The summed E-state index contributed by atoms with van der Waals surface area (Å²) < 4.78 is 17.0. The molecule has 0 fully saturated rings. The van der Waals surface area contributed by atoms with Crippen molar-refractivity contribution in [2.24, 2.45) is 0 Å². The van der Waals surface area contributed by atoms with E-state index in [-0.39, 0.29) is 0 Å². The Morgan fingerprint density at radius 3 is 1.00 bits per heavy atom. The first-order valence-electron chi connectivity index (χ1n) is 0.855. The van der Waals surface area contributed by atoms with E-state index >= 15 is 0 Å². The Kier molecular flexibility index (Phi) is 30.5. The van der Waals surface area contributed by atoms with Crippen LogP contribution in [0.5, 0.6) is 0 Å². The maximum atomic E-state index is 8.51. The summed E-state index contributed by atoms with van der Waals surface area (Å²) in [6.45, 7) is 0. The molecular weight excluding hydrogens is 126 g/mol. The zero-order valence-corrected chi connectivity index (χ0v) is 4.71. The van der Waals surface area contributed by atoms with Gasteiger partial charge >= 0.3 is 17.4 Å². The average molecular weight is 130 g/mol. The van der Waals surface area contributed by atoms with Crippen LogP contribution in [0.25, 0.3) is 0 Å². The topological polar surface area (TPSA) is 74.6 Å². The normalized spacial score (nSPS) is 7.00. The van der Waals surface area contributed by atoms with Gasteiger partial charge < -0.3 is 0 Å². The van der Waals surface area contributed by atoms with Crippen LogP contribution in [0.3, 0.4) is 0 Å². The summed E-state index contributed by atoms with van der Waals surface area (Å²) in [4.78, 5) is 14.1. The molecule has 0 spiro atoms. The van der Waals surface area contributed by atoms with Crippen LogP contribution < -0.4 is 0 Å². The van der Waals surface area contributed by atoms with Crippen LogP contribution in [0, 0.1) is 0 Å². The van der Waals surface area contributed by atoms with Gasteiger partial charge in [0.05, 0.1) is 0 Å². The monoisotopic (exact) mass is 130 g/mol. The van der Waals surface area contributed by atoms with Gasteiger partial charge in [-0.1, -0.05) is 0 Å². The highest BCUT2D eigenvalue weighted by molar-refractivity contribution is 7.16. The fourth-order valence-corrected chi connectivity index (χ4v) is 0. The molecule has 0 aliphatic heterocycles. The molecule has 0 aromatic heterocycles. The van der Waals surface area contributed by atoms with Crippen LogP contribution in [-0.2, 0) is 9.13 Å². The van der Waals surface area contributed by atoms with Crippen LogP contribution >= 0.6 is 17.4 Å². The van der Waals surface area contributed by atoms with E-state index in [1.807, 2.05) is 0 Å². The fourth-order valence-electron chi connectivity index (χ4n) is 0. The molecule has 0 radical (unpaired) electrons. The predicted octanol–water partition coefficient (Wildman–Crippen LogP) is -0.165. The summed E-state index contributed by atoms with van der Waals surface area (Å²) in [5.74, 6) is 0. The maximum absolute atomic E-state index is 8.51. The second-order valence-electron chi connectivity index (χ2n) is 0.183. The second kappa shape index (κ2) is 19.3. The van der Waals surface area contributed by atoms with Crippen LogP contribution in [0.4, 0.5) is 0 Å². The molecule has 36 valence electrons. The van der Waals surface area contributed by atoms with E-state index in [2.05, 4.69) is 0 Å². The van der Waals surface area contributed by atoms with E-state index in [0.29, 0.717) is 0 Å². The molecule has 0 aliphatic rings. The second-order valence-corrected chi connectivity index (χ2v) is 0.548. The lowest BCUT2D eigenvalue weighted by atomic mass is 15.9. The Morgan fingerprint density at radius 2 is 1.00 bits per heavy atom. The van der Waals surface area contributed by atoms with Gasteiger partial charge in [-0.25, -0.2) is 0 Å². The Bertz CT molecular complexity index is 26.5. The van der Waals surface area contributed by atoms with Gasteiger partial charge in [0, 0.05) is 0 Å². The summed E-state index contributed by atoms with van der Waals surface area (Å²) >= 11 is 0. The molecule has 0 bridgehead atoms. The summed E-state index contributed by atoms with van der Waals surface area (Å²) in [6.07, 6.45) is 0. The molecule has 0 saturated carbocycles. The van der Waals surface area contributed by atoms with Crippen molar-refractivity contribution in [2.75, 3.05) is 0 Å². The summed E-state index contributed by atoms with van der Waals surface area (Å²) in [6, 6.07) is 0. The molecule has 2 atom stereocenters. The molecule has 4 nitrogen and oxygen atoms in total. The molecule has 0 amide bonds. The minimum absolute atomic E-state index is 1.17. The molecule has 2 unspecified atom stereocenters. The average Bonchev–Trinajstić information content (AvgIpc) is 1.39. The molecule has 0 saturated heterocycles. The molecule has 0 heterocycles. The molecule has 6 heavy (non-hydrogen) atoms. The predicted molar refractivity (Wildman–Crippen MR) is 22.4 cm³/mol. The van der Waals surface area contributed by atoms with Crippen LogP contribution in [0.1, 0.15) is 0 Å². The smallest absolute Gasteiger partial charge is 0.162 e. The third kappa shape index (κ3) is 2790. The van der Waals surface area contributed by atoms with Gasteiger partial charge in [-0.3, -0.25) is 0 Å². The van der Waals surface area contributed by atoms with Crippen molar-refractivity contribution in [3.05, 3.63) is 0 Å². The minimum atomic E-state index is -1.17. The quantitative estimate of drug-likeness (QED) is 0.446. The van der Waals surface area contributed by atoms with Crippen molar-refractivity contribution >= 4 is 17.4 Å². The zero-order valence-electron chi connectivity index (χ0n) is 2.71. The Balaban J connectivity index is 0. The lowest BCUT2D eigenvalue weighted by molar-refractivity contribution is 0.523. The van der Waals surface area contributed by atoms with Gasteiger partial charge in [0.2, 0.25) is 0 Å². The van der Waals surface area contributed by atoms with Gasteiger partial charge in [0.15, 0.2) is 0 Å². The highest BCUT2D eigenvalue weighted by atomic mass is 31.1. The Hall–Kier alpha value is 0.120. The standard InChI is InChI=1S/2HO2P/c2*1-3-2/h2*3H/p+2. The molecule has 0 aromatic carbocycles. The maximum Gasteiger partial charge on any atom is 0.491 e. The van der Waals surface area contributed by atoms with Crippen LogP contribution in [0.15, 0.2) is 0 Å². The first-order valence-corrected chi connectivity index (χ1v) is 2.57. The molecule has 0 aromatic rings. The SMILES string of the molecule is O=[PH+]O.O=[PH+]O. The summed E-state index contributed by atoms with van der Waals surface area (Å²) in [5.41, 5.74) is 0. The highest BCUT2D eigenvalue weighted by Crippen LogP contribution is 1.66. The zero-order chi connectivity index (χ0) is 5.41. The van der Waals surface area contributed by atoms with Crippen molar-refractivity contribution in [1.82, 2.24) is 0 Å². The van der Waals surface area contributed by atoms with Gasteiger partial charge in [0.25, 0.3) is 0 Å². The van der Waals surface area contributed by atoms with Crippen molar-refractivity contribution in [3.63, 3.8) is 0 Å². The lowest BCUT2D eigenvalue weighted by Gasteiger charge is -1.08. The van der Waals surface area contributed by atoms with Crippen molar-refractivity contribution in [2.45, 2.75) is 0 Å².